The van der Waals surface area contributed by atoms with E-state index in [-0.39, 0.29) is 17.1 Å². The molecule has 29 heavy (non-hydrogen) atoms. The van der Waals surface area contributed by atoms with E-state index >= 15 is 0 Å². The fourth-order valence-electron chi connectivity index (χ4n) is 2.82. The standard InChI is InChI=1S/C20H13F3N2O2S2/c21-13-7-5-11(6-8-13)14-10-28-18-16(14)17(26)24-20(25-18)29-9-12-3-1-2-4-15(12)27-19(22)23/h1-8,10,19H,9H2,(H,24,25,26). The highest BCUT2D eigenvalue weighted by molar-refractivity contribution is 7.98. The number of rotatable bonds is 6. The van der Waals surface area contributed by atoms with Crippen LogP contribution in [0.3, 0.4) is 0 Å². The SMILES string of the molecule is O=c1[nH]c(SCc2ccccc2OC(F)F)nc2scc(-c3ccc(F)cc3)c12. The van der Waals surface area contributed by atoms with Gasteiger partial charge in [0.15, 0.2) is 5.16 Å². The molecule has 0 radical (unpaired) electrons. The van der Waals surface area contributed by atoms with Crippen molar-refractivity contribution in [2.45, 2.75) is 17.5 Å². The summed E-state index contributed by atoms with van der Waals surface area (Å²) in [6, 6.07) is 12.4. The first-order valence-corrected chi connectivity index (χ1v) is 10.3. The van der Waals surface area contributed by atoms with E-state index in [0.29, 0.717) is 32.3 Å². The summed E-state index contributed by atoms with van der Waals surface area (Å²) in [5.41, 5.74) is 1.67. The Morgan fingerprint density at radius 1 is 1.14 bits per heavy atom. The number of alkyl halides is 2. The molecular formula is C20H13F3N2O2S2. The van der Waals surface area contributed by atoms with Crippen molar-refractivity contribution in [2.24, 2.45) is 0 Å². The lowest BCUT2D eigenvalue weighted by atomic mass is 10.1. The van der Waals surface area contributed by atoms with Crippen LogP contribution in [0.15, 0.2) is 63.9 Å². The average Bonchev–Trinajstić information content (AvgIpc) is 3.12. The predicted octanol–water partition coefficient (Wildman–Crippen LogP) is 5.68. The molecule has 2 aromatic heterocycles. The summed E-state index contributed by atoms with van der Waals surface area (Å²) in [7, 11) is 0. The van der Waals surface area contributed by atoms with E-state index in [0.717, 1.165) is 5.56 Å². The second-order valence-corrected chi connectivity index (χ2v) is 7.80. The normalized spacial score (nSPS) is 11.3. The number of nitrogens with one attached hydrogen (secondary N) is 1. The molecule has 0 aliphatic heterocycles. The number of aromatic nitrogens is 2. The Kier molecular flexibility index (Phi) is 5.59. The first kappa shape index (κ1) is 19.5. The van der Waals surface area contributed by atoms with Crippen LogP contribution in [0.4, 0.5) is 13.2 Å². The fraction of sp³-hybridized carbons (Fsp3) is 0.100. The molecule has 2 aromatic carbocycles. The summed E-state index contributed by atoms with van der Waals surface area (Å²) < 4.78 is 42.8. The third-order valence-electron chi connectivity index (χ3n) is 4.13. The maximum Gasteiger partial charge on any atom is 0.387 e. The van der Waals surface area contributed by atoms with E-state index in [1.54, 1.807) is 35.7 Å². The van der Waals surface area contributed by atoms with Crippen molar-refractivity contribution in [3.05, 3.63) is 75.6 Å². The minimum Gasteiger partial charge on any atom is -0.435 e. The number of para-hydroxylation sites is 1. The molecule has 9 heteroatoms. The molecule has 0 amide bonds. The number of halogens is 3. The number of nitrogens with zero attached hydrogens (tertiary/aromatic N) is 1. The molecule has 1 N–H and O–H groups in total. The topological polar surface area (TPSA) is 55.0 Å². The maximum absolute atomic E-state index is 13.2. The van der Waals surface area contributed by atoms with Gasteiger partial charge in [0.2, 0.25) is 0 Å². The van der Waals surface area contributed by atoms with Crippen LogP contribution in [-0.2, 0) is 5.75 Å². The Hall–Kier alpha value is -2.78. The number of benzene rings is 2. The number of thiophene rings is 1. The summed E-state index contributed by atoms with van der Waals surface area (Å²) in [6.45, 7) is -2.91. The Morgan fingerprint density at radius 3 is 2.66 bits per heavy atom. The van der Waals surface area contributed by atoms with Crippen molar-refractivity contribution in [1.29, 1.82) is 0 Å². The minimum atomic E-state index is -2.91. The Balaban J connectivity index is 1.61. The molecule has 0 saturated carbocycles. The molecule has 4 aromatic rings. The third kappa shape index (κ3) is 4.30. The molecule has 2 heterocycles. The van der Waals surface area contributed by atoms with Crippen LogP contribution in [0.5, 0.6) is 5.75 Å². The zero-order chi connectivity index (χ0) is 20.4. The molecule has 0 unspecified atom stereocenters. The summed E-state index contributed by atoms with van der Waals surface area (Å²) in [4.78, 5) is 20.4. The van der Waals surface area contributed by atoms with E-state index < -0.39 is 6.61 Å². The quantitative estimate of drug-likeness (QED) is 0.313. The van der Waals surface area contributed by atoms with Crippen molar-refractivity contribution >= 4 is 33.3 Å². The molecular weight excluding hydrogens is 421 g/mol. The largest absolute Gasteiger partial charge is 0.435 e. The van der Waals surface area contributed by atoms with Gasteiger partial charge in [-0.15, -0.1) is 11.3 Å². The number of aromatic amines is 1. The lowest BCUT2D eigenvalue weighted by molar-refractivity contribution is -0.0503. The third-order valence-corrected chi connectivity index (χ3v) is 5.92. The average molecular weight is 434 g/mol. The minimum absolute atomic E-state index is 0.0909. The Bertz CT molecular complexity index is 1210. The van der Waals surface area contributed by atoms with Gasteiger partial charge < -0.3 is 9.72 Å². The Morgan fingerprint density at radius 2 is 1.90 bits per heavy atom. The second-order valence-electron chi connectivity index (χ2n) is 5.98. The monoisotopic (exact) mass is 434 g/mol. The molecule has 148 valence electrons. The van der Waals surface area contributed by atoms with Crippen molar-refractivity contribution < 1.29 is 17.9 Å². The molecule has 0 aliphatic rings. The number of thioether (sulfide) groups is 1. The first-order chi connectivity index (χ1) is 14.0. The summed E-state index contributed by atoms with van der Waals surface area (Å²) in [5.74, 6) is 0.0383. The Labute approximate surface area is 171 Å². The number of H-pyrrole nitrogens is 1. The molecule has 0 spiro atoms. The molecule has 0 aliphatic carbocycles. The van der Waals surface area contributed by atoms with Gasteiger partial charge in [-0.05, 0) is 23.8 Å². The number of hydrogen-bond donors (Lipinski definition) is 1. The van der Waals surface area contributed by atoms with Gasteiger partial charge in [0.1, 0.15) is 16.4 Å². The molecule has 0 atom stereocenters. The van der Waals surface area contributed by atoms with E-state index in [1.165, 1.54) is 41.3 Å². The van der Waals surface area contributed by atoms with Gasteiger partial charge in [-0.25, -0.2) is 9.37 Å². The van der Waals surface area contributed by atoms with Crippen LogP contribution in [0.25, 0.3) is 21.3 Å². The van der Waals surface area contributed by atoms with Gasteiger partial charge in [0.25, 0.3) is 5.56 Å². The molecule has 0 saturated heterocycles. The number of fused-ring (bicyclic) bond motifs is 1. The lowest BCUT2D eigenvalue weighted by Gasteiger charge is -2.09. The van der Waals surface area contributed by atoms with Crippen molar-refractivity contribution in [1.82, 2.24) is 9.97 Å². The maximum atomic E-state index is 13.2. The predicted molar refractivity (Wildman–Crippen MR) is 108 cm³/mol. The highest BCUT2D eigenvalue weighted by Gasteiger charge is 2.14. The van der Waals surface area contributed by atoms with Crippen LogP contribution in [0, 0.1) is 5.82 Å². The van der Waals surface area contributed by atoms with Crippen molar-refractivity contribution in [3.63, 3.8) is 0 Å². The van der Waals surface area contributed by atoms with Gasteiger partial charge in [-0.3, -0.25) is 4.79 Å². The van der Waals surface area contributed by atoms with E-state index in [2.05, 4.69) is 14.7 Å². The van der Waals surface area contributed by atoms with Gasteiger partial charge >= 0.3 is 6.61 Å². The van der Waals surface area contributed by atoms with E-state index in [1.807, 2.05) is 0 Å². The van der Waals surface area contributed by atoms with Crippen LogP contribution in [0.1, 0.15) is 5.56 Å². The van der Waals surface area contributed by atoms with Crippen LogP contribution < -0.4 is 10.3 Å². The molecule has 0 fully saturated rings. The molecule has 0 bridgehead atoms. The smallest absolute Gasteiger partial charge is 0.387 e. The summed E-state index contributed by atoms with van der Waals surface area (Å²) in [6.07, 6.45) is 0. The second kappa shape index (κ2) is 8.30. The van der Waals surface area contributed by atoms with Gasteiger partial charge in [0.05, 0.1) is 5.39 Å². The van der Waals surface area contributed by atoms with Crippen molar-refractivity contribution in [2.75, 3.05) is 0 Å². The highest BCUT2D eigenvalue weighted by Crippen LogP contribution is 2.32. The van der Waals surface area contributed by atoms with E-state index in [4.69, 9.17) is 0 Å². The fourth-order valence-corrected chi connectivity index (χ4v) is 4.68. The highest BCUT2D eigenvalue weighted by atomic mass is 32.2. The lowest BCUT2D eigenvalue weighted by Crippen LogP contribution is -2.09. The molecule has 4 rings (SSSR count). The van der Waals surface area contributed by atoms with Gasteiger partial charge in [-0.2, -0.15) is 8.78 Å². The van der Waals surface area contributed by atoms with Crippen molar-refractivity contribution in [3.8, 4) is 16.9 Å². The van der Waals surface area contributed by atoms with Gasteiger partial charge in [0, 0.05) is 22.3 Å². The van der Waals surface area contributed by atoms with Crippen LogP contribution >= 0.6 is 23.1 Å². The summed E-state index contributed by atoms with van der Waals surface area (Å²) in [5, 5.41) is 2.62. The number of hydrogen-bond acceptors (Lipinski definition) is 5. The zero-order valence-corrected chi connectivity index (χ0v) is 16.3. The number of ether oxygens (including phenoxy) is 1. The summed E-state index contributed by atoms with van der Waals surface area (Å²) >= 11 is 2.53. The van der Waals surface area contributed by atoms with Crippen LogP contribution in [-0.4, -0.2) is 16.6 Å². The zero-order valence-electron chi connectivity index (χ0n) is 14.7. The van der Waals surface area contributed by atoms with Crippen LogP contribution in [0.2, 0.25) is 0 Å². The van der Waals surface area contributed by atoms with E-state index in [9.17, 15) is 18.0 Å². The van der Waals surface area contributed by atoms with Gasteiger partial charge in [-0.1, -0.05) is 42.1 Å². The molecule has 4 nitrogen and oxygen atoms in total. The first-order valence-electron chi connectivity index (χ1n) is 8.44.